The molecule has 0 amide bonds. The highest BCUT2D eigenvalue weighted by molar-refractivity contribution is 5.33. The Hall–Kier alpha value is -1.91. The maximum Gasteiger partial charge on any atom is 0.124 e. The first-order chi connectivity index (χ1) is 11.5. The molecule has 130 valence electrons. The van der Waals surface area contributed by atoms with Crippen molar-refractivity contribution in [3.05, 3.63) is 59.9 Å². The molecule has 1 heterocycles. The third kappa shape index (κ3) is 6.30. The van der Waals surface area contributed by atoms with Crippen LogP contribution in [-0.4, -0.2) is 37.1 Å². The van der Waals surface area contributed by atoms with Crippen LogP contribution >= 0.6 is 0 Å². The molecule has 0 radical (unpaired) electrons. The minimum atomic E-state index is 0.231. The summed E-state index contributed by atoms with van der Waals surface area (Å²) in [6.45, 7) is 7.92. The van der Waals surface area contributed by atoms with Gasteiger partial charge in [0.05, 0.1) is 0 Å². The number of ether oxygens (including phenoxy) is 1. The number of rotatable bonds is 9. The van der Waals surface area contributed by atoms with Gasteiger partial charge in [0.2, 0.25) is 0 Å². The topological polar surface area (TPSA) is 37.4 Å². The second kappa shape index (κ2) is 8.81. The quantitative estimate of drug-likeness (QED) is 0.766. The van der Waals surface area contributed by atoms with Crippen LogP contribution in [-0.2, 0) is 13.2 Å². The lowest BCUT2D eigenvalue weighted by Gasteiger charge is -2.28. The summed E-state index contributed by atoms with van der Waals surface area (Å²) in [5.41, 5.74) is 2.49. The fourth-order valence-corrected chi connectivity index (χ4v) is 2.88. The van der Waals surface area contributed by atoms with Crippen LogP contribution in [0.3, 0.4) is 0 Å². The molecule has 0 aliphatic rings. The highest BCUT2D eigenvalue weighted by Crippen LogP contribution is 2.20. The first-order valence-electron chi connectivity index (χ1n) is 8.41. The summed E-state index contributed by atoms with van der Waals surface area (Å²) in [6, 6.07) is 12.2. The molecule has 0 aliphatic heterocycles. The molecule has 1 aromatic carbocycles. The van der Waals surface area contributed by atoms with Gasteiger partial charge >= 0.3 is 0 Å². The predicted molar refractivity (Wildman–Crippen MR) is 99.1 cm³/mol. The Morgan fingerprint density at radius 2 is 1.92 bits per heavy atom. The van der Waals surface area contributed by atoms with Crippen molar-refractivity contribution in [3.8, 4) is 5.75 Å². The smallest absolute Gasteiger partial charge is 0.124 e. The van der Waals surface area contributed by atoms with E-state index >= 15 is 0 Å². The number of hydrogen-bond donors (Lipinski definition) is 1. The molecule has 0 spiro atoms. The van der Waals surface area contributed by atoms with E-state index in [-0.39, 0.29) is 5.41 Å². The Morgan fingerprint density at radius 1 is 1.12 bits per heavy atom. The van der Waals surface area contributed by atoms with Gasteiger partial charge in [-0.2, -0.15) is 0 Å². The zero-order valence-corrected chi connectivity index (χ0v) is 15.2. The van der Waals surface area contributed by atoms with Gasteiger partial charge in [-0.15, -0.1) is 0 Å². The largest absolute Gasteiger partial charge is 0.489 e. The van der Waals surface area contributed by atoms with E-state index in [2.05, 4.69) is 55.3 Å². The molecule has 1 aromatic heterocycles. The van der Waals surface area contributed by atoms with E-state index < -0.39 is 0 Å². The van der Waals surface area contributed by atoms with Crippen molar-refractivity contribution in [3.63, 3.8) is 0 Å². The van der Waals surface area contributed by atoms with Crippen LogP contribution in [0.1, 0.15) is 25.0 Å². The lowest BCUT2D eigenvalue weighted by Crippen LogP contribution is -2.37. The Bertz CT molecular complexity index is 611. The summed E-state index contributed by atoms with van der Waals surface area (Å²) in [5.74, 6) is 0.930. The maximum absolute atomic E-state index is 5.98. The first-order valence-corrected chi connectivity index (χ1v) is 8.41. The van der Waals surface area contributed by atoms with Gasteiger partial charge in [-0.05, 0) is 31.6 Å². The van der Waals surface area contributed by atoms with Crippen molar-refractivity contribution in [2.75, 3.05) is 27.2 Å². The Balaban J connectivity index is 1.89. The molecule has 0 aliphatic carbocycles. The average molecular weight is 327 g/mol. The van der Waals surface area contributed by atoms with Gasteiger partial charge < -0.3 is 15.0 Å². The second-order valence-electron chi connectivity index (χ2n) is 7.26. The summed E-state index contributed by atoms with van der Waals surface area (Å²) in [4.78, 5) is 6.35. The van der Waals surface area contributed by atoms with Crippen molar-refractivity contribution >= 4 is 0 Å². The molecule has 0 saturated heterocycles. The molecular formula is C20H29N3O. The van der Waals surface area contributed by atoms with Crippen LogP contribution in [0.15, 0.2) is 48.8 Å². The number of pyridine rings is 1. The van der Waals surface area contributed by atoms with Crippen molar-refractivity contribution in [2.24, 2.45) is 5.41 Å². The molecule has 0 saturated carbocycles. The molecule has 2 rings (SSSR count). The number of nitrogens with one attached hydrogen (secondary N) is 1. The molecule has 4 nitrogen and oxygen atoms in total. The van der Waals surface area contributed by atoms with Gasteiger partial charge in [0.25, 0.3) is 0 Å². The Labute approximate surface area is 145 Å². The van der Waals surface area contributed by atoms with Gasteiger partial charge in [-0.1, -0.05) is 38.1 Å². The minimum Gasteiger partial charge on any atom is -0.489 e. The third-order valence-electron chi connectivity index (χ3n) is 3.75. The van der Waals surface area contributed by atoms with Crippen LogP contribution in [0.2, 0.25) is 0 Å². The van der Waals surface area contributed by atoms with Crippen LogP contribution in [0.5, 0.6) is 5.75 Å². The lowest BCUT2D eigenvalue weighted by atomic mass is 9.93. The zero-order valence-electron chi connectivity index (χ0n) is 15.2. The van der Waals surface area contributed by atoms with Crippen molar-refractivity contribution < 1.29 is 4.74 Å². The Morgan fingerprint density at radius 3 is 2.62 bits per heavy atom. The summed E-state index contributed by atoms with van der Waals surface area (Å²) < 4.78 is 5.98. The van der Waals surface area contributed by atoms with Crippen LogP contribution < -0.4 is 10.1 Å². The molecule has 24 heavy (non-hydrogen) atoms. The van der Waals surface area contributed by atoms with Crippen molar-refractivity contribution in [2.45, 2.75) is 27.0 Å². The highest BCUT2D eigenvalue weighted by Gasteiger charge is 2.18. The summed E-state index contributed by atoms with van der Waals surface area (Å²) >= 11 is 0. The predicted octanol–water partition coefficient (Wildman–Crippen LogP) is 3.34. The van der Waals surface area contributed by atoms with Gasteiger partial charge in [-0.3, -0.25) is 4.98 Å². The van der Waals surface area contributed by atoms with Gasteiger partial charge in [0.1, 0.15) is 12.4 Å². The normalized spacial score (nSPS) is 11.7. The fraction of sp³-hybridized carbons (Fsp3) is 0.450. The SMILES string of the molecule is CN(C)CC(C)(C)CNCc1ccccc1OCc1cccnc1. The Kier molecular flexibility index (Phi) is 6.76. The second-order valence-corrected chi connectivity index (χ2v) is 7.26. The molecule has 2 aromatic rings. The van der Waals surface area contributed by atoms with Gasteiger partial charge in [0, 0.05) is 43.2 Å². The highest BCUT2D eigenvalue weighted by atomic mass is 16.5. The van der Waals surface area contributed by atoms with E-state index in [4.69, 9.17) is 4.74 Å². The van der Waals surface area contributed by atoms with E-state index in [1.807, 2.05) is 30.5 Å². The molecule has 0 unspecified atom stereocenters. The zero-order chi connectivity index (χ0) is 17.4. The number of nitrogens with zero attached hydrogens (tertiary/aromatic N) is 2. The summed E-state index contributed by atoms with van der Waals surface area (Å²) in [7, 11) is 4.23. The molecule has 0 fully saturated rings. The van der Waals surface area contributed by atoms with Gasteiger partial charge in [0.15, 0.2) is 0 Å². The van der Waals surface area contributed by atoms with Crippen molar-refractivity contribution in [1.82, 2.24) is 15.2 Å². The van der Waals surface area contributed by atoms with E-state index in [1.54, 1.807) is 6.20 Å². The fourth-order valence-electron chi connectivity index (χ4n) is 2.88. The molecule has 0 bridgehead atoms. The van der Waals surface area contributed by atoms with E-state index in [1.165, 1.54) is 5.56 Å². The lowest BCUT2D eigenvalue weighted by molar-refractivity contribution is 0.231. The first kappa shape index (κ1) is 18.4. The molecular weight excluding hydrogens is 298 g/mol. The minimum absolute atomic E-state index is 0.231. The molecule has 0 atom stereocenters. The van der Waals surface area contributed by atoms with E-state index in [0.29, 0.717) is 6.61 Å². The summed E-state index contributed by atoms with van der Waals surface area (Å²) in [6.07, 6.45) is 3.61. The third-order valence-corrected chi connectivity index (χ3v) is 3.75. The number of para-hydroxylation sites is 1. The standard InChI is InChI=1S/C20H29N3O/c1-20(2,16-23(3)4)15-22-13-18-9-5-6-10-19(18)24-14-17-8-7-11-21-12-17/h5-12,22H,13-16H2,1-4H3. The van der Waals surface area contributed by atoms with Crippen LogP contribution in [0.4, 0.5) is 0 Å². The monoisotopic (exact) mass is 327 g/mol. The maximum atomic E-state index is 5.98. The van der Waals surface area contributed by atoms with Crippen LogP contribution in [0, 0.1) is 5.41 Å². The number of hydrogen-bond acceptors (Lipinski definition) is 4. The molecule has 1 N–H and O–H groups in total. The van der Waals surface area contributed by atoms with E-state index in [9.17, 15) is 0 Å². The number of aromatic nitrogens is 1. The number of benzene rings is 1. The summed E-state index contributed by atoms with van der Waals surface area (Å²) in [5, 5.41) is 3.57. The average Bonchev–Trinajstić information content (AvgIpc) is 2.53. The van der Waals surface area contributed by atoms with Gasteiger partial charge in [-0.25, -0.2) is 0 Å². The van der Waals surface area contributed by atoms with Crippen LogP contribution in [0.25, 0.3) is 0 Å². The van der Waals surface area contributed by atoms with Crippen molar-refractivity contribution in [1.29, 1.82) is 0 Å². The molecule has 4 heteroatoms. The van der Waals surface area contributed by atoms with E-state index in [0.717, 1.165) is 30.9 Å².